The van der Waals surface area contributed by atoms with E-state index in [-0.39, 0.29) is 18.8 Å². The molecule has 0 amide bonds. The van der Waals surface area contributed by atoms with Crippen LogP contribution in [0.4, 0.5) is 0 Å². The molecule has 2 atom stereocenters. The zero-order valence-electron chi connectivity index (χ0n) is 9.03. The molecule has 1 aliphatic heterocycles. The number of nitrogens with one attached hydrogen (secondary N) is 1. The predicted octanol–water partition coefficient (Wildman–Crippen LogP) is 0.356. The van der Waals surface area contributed by atoms with Crippen LogP contribution in [-0.2, 0) is 9.47 Å². The molecule has 0 aliphatic carbocycles. The lowest BCUT2D eigenvalue weighted by Crippen LogP contribution is -2.43. The SMILES string of the molecule is CC(C)C(CO)NCC1CCOCO1. The minimum absolute atomic E-state index is 0.168. The lowest BCUT2D eigenvalue weighted by molar-refractivity contribution is -0.137. The average molecular weight is 203 g/mol. The van der Waals surface area contributed by atoms with E-state index in [2.05, 4.69) is 19.2 Å². The van der Waals surface area contributed by atoms with Gasteiger partial charge in [-0.15, -0.1) is 0 Å². The molecule has 1 aliphatic rings. The average Bonchev–Trinajstić information content (AvgIpc) is 2.20. The van der Waals surface area contributed by atoms with Crippen molar-refractivity contribution in [3.05, 3.63) is 0 Å². The van der Waals surface area contributed by atoms with Crippen molar-refractivity contribution < 1.29 is 14.6 Å². The summed E-state index contributed by atoms with van der Waals surface area (Å²) in [5.74, 6) is 0.444. The lowest BCUT2D eigenvalue weighted by atomic mass is 10.1. The lowest BCUT2D eigenvalue weighted by Gasteiger charge is -2.26. The van der Waals surface area contributed by atoms with E-state index in [0.717, 1.165) is 19.6 Å². The molecule has 0 aromatic rings. The molecule has 84 valence electrons. The first-order chi connectivity index (χ1) is 6.74. The zero-order chi connectivity index (χ0) is 10.4. The Hall–Kier alpha value is -0.160. The molecule has 2 N–H and O–H groups in total. The molecular formula is C10H21NO3. The van der Waals surface area contributed by atoms with Crippen molar-refractivity contribution in [3.63, 3.8) is 0 Å². The first-order valence-corrected chi connectivity index (χ1v) is 5.27. The van der Waals surface area contributed by atoms with E-state index >= 15 is 0 Å². The summed E-state index contributed by atoms with van der Waals surface area (Å²) in [6, 6.07) is 0.168. The second-order valence-electron chi connectivity index (χ2n) is 4.04. The fourth-order valence-corrected chi connectivity index (χ4v) is 1.46. The third kappa shape index (κ3) is 3.92. The van der Waals surface area contributed by atoms with Gasteiger partial charge in [-0.3, -0.25) is 0 Å². The van der Waals surface area contributed by atoms with Gasteiger partial charge in [-0.05, 0) is 12.3 Å². The van der Waals surface area contributed by atoms with Crippen LogP contribution in [-0.4, -0.2) is 43.8 Å². The first-order valence-electron chi connectivity index (χ1n) is 5.27. The van der Waals surface area contributed by atoms with Crippen LogP contribution in [0.2, 0.25) is 0 Å². The second kappa shape index (κ2) is 6.35. The van der Waals surface area contributed by atoms with E-state index < -0.39 is 0 Å². The number of hydrogen-bond acceptors (Lipinski definition) is 4. The van der Waals surface area contributed by atoms with Crippen molar-refractivity contribution in [2.24, 2.45) is 5.92 Å². The third-order valence-corrected chi connectivity index (χ3v) is 2.58. The Morgan fingerprint density at radius 1 is 1.50 bits per heavy atom. The molecule has 1 fully saturated rings. The molecule has 0 saturated carbocycles. The van der Waals surface area contributed by atoms with Gasteiger partial charge in [0.15, 0.2) is 0 Å². The normalized spacial score (nSPS) is 25.3. The van der Waals surface area contributed by atoms with Crippen LogP contribution >= 0.6 is 0 Å². The van der Waals surface area contributed by atoms with Crippen molar-refractivity contribution in [2.75, 3.05) is 26.6 Å². The number of aliphatic hydroxyl groups excluding tert-OH is 1. The highest BCUT2D eigenvalue weighted by molar-refractivity contribution is 4.72. The van der Waals surface area contributed by atoms with Crippen LogP contribution in [0.3, 0.4) is 0 Å². The molecule has 0 aromatic heterocycles. The highest BCUT2D eigenvalue weighted by Gasteiger charge is 2.17. The second-order valence-corrected chi connectivity index (χ2v) is 4.04. The van der Waals surface area contributed by atoms with Gasteiger partial charge in [0.2, 0.25) is 0 Å². The van der Waals surface area contributed by atoms with Gasteiger partial charge < -0.3 is 19.9 Å². The molecule has 1 rings (SSSR count). The highest BCUT2D eigenvalue weighted by Crippen LogP contribution is 2.06. The summed E-state index contributed by atoms with van der Waals surface area (Å²) < 4.78 is 10.5. The van der Waals surface area contributed by atoms with Crippen LogP contribution in [0.1, 0.15) is 20.3 Å². The summed E-state index contributed by atoms with van der Waals surface area (Å²) in [6.07, 6.45) is 1.17. The maximum atomic E-state index is 9.10. The maximum absolute atomic E-state index is 9.10. The Morgan fingerprint density at radius 2 is 2.29 bits per heavy atom. The fraction of sp³-hybridized carbons (Fsp3) is 1.00. The molecule has 1 heterocycles. The number of rotatable bonds is 5. The number of hydrogen-bond donors (Lipinski definition) is 2. The van der Waals surface area contributed by atoms with Gasteiger partial charge in [0.05, 0.1) is 19.3 Å². The monoisotopic (exact) mass is 203 g/mol. The molecule has 14 heavy (non-hydrogen) atoms. The molecule has 0 radical (unpaired) electrons. The summed E-state index contributed by atoms with van der Waals surface area (Å²) in [4.78, 5) is 0. The van der Waals surface area contributed by atoms with Gasteiger partial charge in [0.25, 0.3) is 0 Å². The Bertz CT molecular complexity index is 146. The van der Waals surface area contributed by atoms with Crippen molar-refractivity contribution in [1.82, 2.24) is 5.32 Å². The van der Waals surface area contributed by atoms with Crippen LogP contribution in [0.15, 0.2) is 0 Å². The topological polar surface area (TPSA) is 50.7 Å². The zero-order valence-corrected chi connectivity index (χ0v) is 9.03. The van der Waals surface area contributed by atoms with E-state index in [9.17, 15) is 0 Å². The molecule has 0 spiro atoms. The standard InChI is InChI=1S/C10H21NO3/c1-8(2)10(6-12)11-5-9-3-4-13-7-14-9/h8-12H,3-7H2,1-2H3. The molecular weight excluding hydrogens is 182 g/mol. The van der Waals surface area contributed by atoms with Crippen molar-refractivity contribution >= 4 is 0 Å². The van der Waals surface area contributed by atoms with E-state index in [0.29, 0.717) is 12.7 Å². The van der Waals surface area contributed by atoms with Gasteiger partial charge in [0, 0.05) is 12.6 Å². The molecule has 4 nitrogen and oxygen atoms in total. The smallest absolute Gasteiger partial charge is 0.147 e. The fourth-order valence-electron chi connectivity index (χ4n) is 1.46. The summed E-state index contributed by atoms with van der Waals surface area (Å²) in [7, 11) is 0. The van der Waals surface area contributed by atoms with Crippen molar-refractivity contribution in [2.45, 2.75) is 32.4 Å². The van der Waals surface area contributed by atoms with E-state index in [1.54, 1.807) is 0 Å². The first kappa shape index (κ1) is 11.9. The molecule has 0 aromatic carbocycles. The van der Waals surface area contributed by atoms with Crippen molar-refractivity contribution in [1.29, 1.82) is 0 Å². The quantitative estimate of drug-likeness (QED) is 0.677. The Labute approximate surface area is 85.6 Å². The van der Waals surface area contributed by atoms with E-state index in [1.165, 1.54) is 0 Å². The Morgan fingerprint density at radius 3 is 2.79 bits per heavy atom. The van der Waals surface area contributed by atoms with Gasteiger partial charge >= 0.3 is 0 Å². The predicted molar refractivity (Wildman–Crippen MR) is 54.0 cm³/mol. The minimum Gasteiger partial charge on any atom is -0.395 e. The van der Waals surface area contributed by atoms with Gasteiger partial charge in [-0.2, -0.15) is 0 Å². The van der Waals surface area contributed by atoms with Crippen LogP contribution in [0.5, 0.6) is 0 Å². The van der Waals surface area contributed by atoms with E-state index in [1.807, 2.05) is 0 Å². The molecule has 4 heteroatoms. The molecule has 0 bridgehead atoms. The third-order valence-electron chi connectivity index (χ3n) is 2.58. The Balaban J connectivity index is 2.16. The highest BCUT2D eigenvalue weighted by atomic mass is 16.7. The molecule has 2 unspecified atom stereocenters. The Kier molecular flexibility index (Phi) is 5.40. The van der Waals surface area contributed by atoms with Gasteiger partial charge in [-0.1, -0.05) is 13.8 Å². The summed E-state index contributed by atoms with van der Waals surface area (Å²) >= 11 is 0. The van der Waals surface area contributed by atoms with E-state index in [4.69, 9.17) is 14.6 Å². The molecule has 1 saturated heterocycles. The number of aliphatic hydroxyl groups is 1. The number of ether oxygens (including phenoxy) is 2. The van der Waals surface area contributed by atoms with Gasteiger partial charge in [0.1, 0.15) is 6.79 Å². The largest absolute Gasteiger partial charge is 0.395 e. The van der Waals surface area contributed by atoms with Crippen LogP contribution in [0, 0.1) is 5.92 Å². The minimum atomic E-state index is 0.168. The summed E-state index contributed by atoms with van der Waals surface area (Å²) in [5.41, 5.74) is 0. The maximum Gasteiger partial charge on any atom is 0.147 e. The summed E-state index contributed by atoms with van der Waals surface area (Å²) in [6.45, 7) is 6.35. The van der Waals surface area contributed by atoms with Crippen molar-refractivity contribution in [3.8, 4) is 0 Å². The van der Waals surface area contributed by atoms with Crippen LogP contribution < -0.4 is 5.32 Å². The van der Waals surface area contributed by atoms with Crippen LogP contribution in [0.25, 0.3) is 0 Å². The van der Waals surface area contributed by atoms with Gasteiger partial charge in [-0.25, -0.2) is 0 Å². The summed E-state index contributed by atoms with van der Waals surface area (Å²) in [5, 5.41) is 12.4.